The van der Waals surface area contributed by atoms with Gasteiger partial charge in [0.05, 0.1) is 11.1 Å². The molecule has 0 aliphatic carbocycles. The molecule has 4 rings (SSSR count). The molecule has 0 saturated heterocycles. The van der Waals surface area contributed by atoms with Crippen molar-refractivity contribution in [1.82, 2.24) is 9.88 Å². The summed E-state index contributed by atoms with van der Waals surface area (Å²) in [5.41, 5.74) is 4.39. The predicted molar refractivity (Wildman–Crippen MR) is 117 cm³/mol. The van der Waals surface area contributed by atoms with Gasteiger partial charge < -0.3 is 15.0 Å². The van der Waals surface area contributed by atoms with Crippen molar-refractivity contribution in [1.29, 1.82) is 0 Å². The summed E-state index contributed by atoms with van der Waals surface area (Å²) in [5.74, 6) is -0.934. The zero-order valence-corrected chi connectivity index (χ0v) is 17.6. The smallest absolute Gasteiger partial charge is 0.339 e. The van der Waals surface area contributed by atoms with Gasteiger partial charge in [-0.3, -0.25) is 9.78 Å². The maximum Gasteiger partial charge on any atom is 0.339 e. The van der Waals surface area contributed by atoms with Crippen molar-refractivity contribution in [3.8, 4) is 0 Å². The third-order valence-corrected chi connectivity index (χ3v) is 5.73. The predicted octanol–water partition coefficient (Wildman–Crippen LogP) is 3.98. The van der Waals surface area contributed by atoms with Crippen LogP contribution < -0.4 is 5.32 Å². The molecule has 1 aromatic heterocycles. The number of esters is 1. The van der Waals surface area contributed by atoms with E-state index in [0.717, 1.165) is 40.7 Å². The Labute approximate surface area is 179 Å². The summed E-state index contributed by atoms with van der Waals surface area (Å²) >= 11 is 6.09. The lowest BCUT2D eigenvalue weighted by atomic mass is 9.96. The van der Waals surface area contributed by atoms with Gasteiger partial charge >= 0.3 is 5.97 Å². The average molecular weight is 424 g/mol. The van der Waals surface area contributed by atoms with Gasteiger partial charge in [0.15, 0.2) is 6.61 Å². The number of carbonyl (C=O) groups excluding carboxylic acids is 2. The molecule has 1 amide bonds. The number of carbonyl (C=O) groups is 2. The number of likely N-dealkylation sites (N-methyl/N-ethyl adjacent to an activating group) is 1. The molecule has 1 N–H and O–H groups in total. The number of para-hydroxylation sites is 1. The normalized spacial score (nSPS) is 13.7. The number of benzene rings is 2. The molecular formula is C23H22ClN3O3. The largest absolute Gasteiger partial charge is 0.452 e. The quantitative estimate of drug-likeness (QED) is 0.642. The van der Waals surface area contributed by atoms with E-state index in [1.807, 2.05) is 38.2 Å². The minimum Gasteiger partial charge on any atom is -0.452 e. The molecule has 1 aliphatic rings. The van der Waals surface area contributed by atoms with E-state index < -0.39 is 11.9 Å². The Morgan fingerprint density at radius 2 is 2.00 bits per heavy atom. The van der Waals surface area contributed by atoms with Crippen LogP contribution in [-0.2, 0) is 22.5 Å². The molecule has 6 nitrogen and oxygen atoms in total. The van der Waals surface area contributed by atoms with Crippen molar-refractivity contribution in [2.75, 3.05) is 25.5 Å². The molecule has 3 aromatic rings. The fourth-order valence-corrected chi connectivity index (χ4v) is 3.87. The van der Waals surface area contributed by atoms with E-state index in [-0.39, 0.29) is 6.61 Å². The van der Waals surface area contributed by atoms with Crippen LogP contribution in [0.3, 0.4) is 0 Å². The highest BCUT2D eigenvalue weighted by atomic mass is 35.5. The summed E-state index contributed by atoms with van der Waals surface area (Å²) in [7, 11) is 2.01. The molecule has 1 aliphatic heterocycles. The highest BCUT2D eigenvalue weighted by Gasteiger charge is 2.25. The molecular weight excluding hydrogens is 402 g/mol. The second-order valence-electron chi connectivity index (χ2n) is 7.45. The number of hydrogen-bond donors (Lipinski definition) is 1. The van der Waals surface area contributed by atoms with Crippen molar-refractivity contribution in [2.45, 2.75) is 19.9 Å². The van der Waals surface area contributed by atoms with Gasteiger partial charge in [0.2, 0.25) is 0 Å². The number of anilines is 1. The third kappa shape index (κ3) is 4.01. The Kier molecular flexibility index (Phi) is 5.70. The summed E-state index contributed by atoms with van der Waals surface area (Å²) in [6.45, 7) is 2.93. The molecule has 0 bridgehead atoms. The van der Waals surface area contributed by atoms with Gasteiger partial charge in [0.25, 0.3) is 5.91 Å². The van der Waals surface area contributed by atoms with Crippen LogP contribution in [0.4, 0.5) is 5.69 Å². The van der Waals surface area contributed by atoms with Crippen LogP contribution in [-0.4, -0.2) is 42.0 Å². The van der Waals surface area contributed by atoms with E-state index in [9.17, 15) is 9.59 Å². The van der Waals surface area contributed by atoms with E-state index in [2.05, 4.69) is 10.2 Å². The van der Waals surface area contributed by atoms with Crippen molar-refractivity contribution < 1.29 is 14.3 Å². The number of ether oxygens (including phenoxy) is 1. The first-order valence-electron chi connectivity index (χ1n) is 9.75. The molecule has 30 heavy (non-hydrogen) atoms. The molecule has 0 unspecified atom stereocenters. The molecule has 0 radical (unpaired) electrons. The van der Waals surface area contributed by atoms with Gasteiger partial charge in [-0.05, 0) is 37.7 Å². The Balaban J connectivity index is 1.57. The molecule has 2 heterocycles. The molecule has 0 spiro atoms. The topological polar surface area (TPSA) is 71.5 Å². The molecule has 0 saturated carbocycles. The van der Waals surface area contributed by atoms with Crippen molar-refractivity contribution >= 4 is 40.1 Å². The Hall–Kier alpha value is -2.96. The minimum atomic E-state index is -0.516. The molecule has 0 atom stereocenters. The highest BCUT2D eigenvalue weighted by molar-refractivity contribution is 6.31. The fraction of sp³-hybridized carbons (Fsp3) is 0.261. The first-order valence-corrected chi connectivity index (χ1v) is 10.1. The SMILES string of the molecule is Cc1c(Cl)cccc1NC(=O)COC(=O)c1c2c(nc3ccccc13)CCN(C)C2. The van der Waals surface area contributed by atoms with Gasteiger partial charge in [-0.15, -0.1) is 0 Å². The Morgan fingerprint density at radius 3 is 2.83 bits per heavy atom. The molecule has 7 heteroatoms. The van der Waals surface area contributed by atoms with Crippen LogP contribution in [0.1, 0.15) is 27.2 Å². The van der Waals surface area contributed by atoms with E-state index in [0.29, 0.717) is 22.8 Å². The van der Waals surface area contributed by atoms with Crippen LogP contribution >= 0.6 is 11.6 Å². The van der Waals surface area contributed by atoms with Crippen LogP contribution in [0.5, 0.6) is 0 Å². The van der Waals surface area contributed by atoms with E-state index in [4.69, 9.17) is 21.3 Å². The van der Waals surface area contributed by atoms with Crippen LogP contribution in [0, 0.1) is 6.92 Å². The summed E-state index contributed by atoms with van der Waals surface area (Å²) in [6.07, 6.45) is 0.769. The Bertz CT molecular complexity index is 1150. The maximum absolute atomic E-state index is 13.0. The van der Waals surface area contributed by atoms with Crippen molar-refractivity contribution in [2.24, 2.45) is 0 Å². The monoisotopic (exact) mass is 423 g/mol. The Morgan fingerprint density at radius 1 is 1.20 bits per heavy atom. The summed E-state index contributed by atoms with van der Waals surface area (Å²) in [4.78, 5) is 32.3. The molecule has 2 aromatic carbocycles. The number of amides is 1. The molecule has 0 fully saturated rings. The minimum absolute atomic E-state index is 0.383. The van der Waals surface area contributed by atoms with Crippen LogP contribution in [0.2, 0.25) is 5.02 Å². The van der Waals surface area contributed by atoms with Crippen molar-refractivity contribution in [3.63, 3.8) is 0 Å². The second-order valence-corrected chi connectivity index (χ2v) is 7.86. The molecule has 154 valence electrons. The number of pyridine rings is 1. The number of nitrogens with zero attached hydrogens (tertiary/aromatic N) is 2. The summed E-state index contributed by atoms with van der Waals surface area (Å²) in [5, 5.41) is 4.04. The van der Waals surface area contributed by atoms with Crippen LogP contribution in [0.25, 0.3) is 10.9 Å². The number of fused-ring (bicyclic) bond motifs is 2. The zero-order valence-electron chi connectivity index (χ0n) is 16.9. The number of halogens is 1. The first-order chi connectivity index (χ1) is 14.4. The summed E-state index contributed by atoms with van der Waals surface area (Å²) in [6, 6.07) is 12.8. The standard InChI is InChI=1S/C23H22ClN3O3/c1-14-17(24)7-5-9-18(14)26-21(28)13-30-23(29)22-15-6-3-4-8-19(15)25-20-10-11-27(2)12-16(20)22/h3-9H,10-13H2,1-2H3,(H,26,28). The summed E-state index contributed by atoms with van der Waals surface area (Å²) < 4.78 is 5.41. The van der Waals surface area contributed by atoms with E-state index in [1.165, 1.54) is 0 Å². The highest BCUT2D eigenvalue weighted by Crippen LogP contribution is 2.28. The average Bonchev–Trinajstić information content (AvgIpc) is 2.73. The van der Waals surface area contributed by atoms with Crippen LogP contribution in [0.15, 0.2) is 42.5 Å². The lowest BCUT2D eigenvalue weighted by molar-refractivity contribution is -0.119. The third-order valence-electron chi connectivity index (χ3n) is 5.32. The first kappa shape index (κ1) is 20.3. The van der Waals surface area contributed by atoms with Gasteiger partial charge in [-0.2, -0.15) is 0 Å². The lowest BCUT2D eigenvalue weighted by Crippen LogP contribution is -2.30. The zero-order chi connectivity index (χ0) is 21.3. The number of aromatic nitrogens is 1. The maximum atomic E-state index is 13.0. The van der Waals surface area contributed by atoms with Gasteiger partial charge in [0, 0.05) is 46.9 Å². The number of hydrogen-bond acceptors (Lipinski definition) is 5. The van der Waals surface area contributed by atoms with E-state index in [1.54, 1.807) is 18.2 Å². The van der Waals surface area contributed by atoms with Gasteiger partial charge in [0.1, 0.15) is 0 Å². The van der Waals surface area contributed by atoms with Gasteiger partial charge in [-0.25, -0.2) is 4.79 Å². The van der Waals surface area contributed by atoms with E-state index >= 15 is 0 Å². The number of nitrogens with one attached hydrogen (secondary N) is 1. The fourth-order valence-electron chi connectivity index (χ4n) is 3.69. The van der Waals surface area contributed by atoms with Crippen molar-refractivity contribution in [3.05, 3.63) is 69.9 Å². The number of rotatable bonds is 4. The second kappa shape index (κ2) is 8.42. The van der Waals surface area contributed by atoms with Gasteiger partial charge in [-0.1, -0.05) is 35.9 Å². The lowest BCUT2D eigenvalue weighted by Gasteiger charge is -2.26.